The molecule has 36 heavy (non-hydrogen) atoms. The number of halogens is 2. The van der Waals surface area contributed by atoms with E-state index in [9.17, 15) is 10.3 Å². The maximum atomic E-state index is 11.4. The lowest BCUT2D eigenvalue weighted by atomic mass is 10.1. The van der Waals surface area contributed by atoms with E-state index in [1.807, 2.05) is 30.5 Å². The van der Waals surface area contributed by atoms with Gasteiger partial charge >= 0.3 is 0 Å². The molecule has 2 heterocycles. The molecule has 0 aliphatic heterocycles. The summed E-state index contributed by atoms with van der Waals surface area (Å²) in [5.74, 6) is 3.43. The lowest BCUT2D eigenvalue weighted by molar-refractivity contribution is 0.195. The molecule has 2 aromatic carbocycles. The van der Waals surface area contributed by atoms with Gasteiger partial charge in [-0.25, -0.2) is 15.0 Å². The first-order chi connectivity index (χ1) is 17.1. The Labute approximate surface area is 225 Å². The van der Waals surface area contributed by atoms with Crippen LogP contribution in [0, 0.1) is 11.5 Å². The maximum Gasteiger partial charge on any atom is 0.187 e. The molecule has 0 atom stereocenters. The zero-order chi connectivity index (χ0) is 26.0. The number of rotatable bonds is 5. The smallest absolute Gasteiger partial charge is 0.187 e. The van der Waals surface area contributed by atoms with Gasteiger partial charge in [-0.2, -0.15) is 4.73 Å². The monoisotopic (exact) mass is 554 g/mol. The third-order valence-electron chi connectivity index (χ3n) is 5.14. The van der Waals surface area contributed by atoms with Crippen LogP contribution in [0.25, 0.3) is 34.0 Å². The Balaban J connectivity index is 1.98. The fourth-order valence-corrected chi connectivity index (χ4v) is 5.09. The van der Waals surface area contributed by atoms with Crippen molar-refractivity contribution >= 4 is 43.0 Å². The van der Waals surface area contributed by atoms with Crippen LogP contribution in [0.2, 0.25) is 29.7 Å². The molecule has 4 aromatic rings. The number of aliphatic hydroxyl groups is 1. The van der Waals surface area contributed by atoms with Crippen LogP contribution < -0.4 is 0 Å². The second-order valence-electron chi connectivity index (χ2n) is 9.05. The van der Waals surface area contributed by atoms with E-state index in [-0.39, 0.29) is 22.5 Å². The summed E-state index contributed by atoms with van der Waals surface area (Å²) < 4.78 is 0.952. The van der Waals surface area contributed by atoms with Crippen molar-refractivity contribution in [2.75, 3.05) is 6.26 Å². The minimum atomic E-state index is -1.57. The largest absolute Gasteiger partial charge is 0.426 e. The van der Waals surface area contributed by atoms with Crippen LogP contribution >= 0.6 is 35.0 Å². The zero-order valence-corrected chi connectivity index (χ0v) is 23.5. The van der Waals surface area contributed by atoms with Crippen molar-refractivity contribution in [3.8, 4) is 45.5 Å². The highest BCUT2D eigenvalue weighted by atomic mass is 35.5. The molecule has 184 valence electrons. The standard InChI is InChI=1S/C26H24Cl2N4O2SSi/c1-35-26-29-10-8-21(30-26)24-23(18-7-5-6-16(12-18)9-11-36(2,3)4)31-25(32(24)34)22-19(27)13-17(15-33)14-20(22)28/h5-8,10,12-14,33-34H,15H2,1-4H3. The van der Waals surface area contributed by atoms with Crippen LogP contribution in [0.15, 0.2) is 53.8 Å². The average Bonchev–Trinajstić information content (AvgIpc) is 3.18. The lowest BCUT2D eigenvalue weighted by Crippen LogP contribution is -2.16. The van der Waals surface area contributed by atoms with Gasteiger partial charge in [0.05, 0.1) is 27.9 Å². The number of aromatic nitrogens is 4. The van der Waals surface area contributed by atoms with Gasteiger partial charge in [0.25, 0.3) is 0 Å². The minimum Gasteiger partial charge on any atom is -0.426 e. The van der Waals surface area contributed by atoms with Gasteiger partial charge in [-0.05, 0) is 42.2 Å². The van der Waals surface area contributed by atoms with Crippen molar-refractivity contribution in [1.29, 1.82) is 0 Å². The van der Waals surface area contributed by atoms with Crippen molar-refractivity contribution in [2.24, 2.45) is 0 Å². The molecule has 6 nitrogen and oxygen atoms in total. The molecule has 0 spiro atoms. The highest BCUT2D eigenvalue weighted by molar-refractivity contribution is 7.98. The van der Waals surface area contributed by atoms with Gasteiger partial charge in [0.1, 0.15) is 19.5 Å². The molecule has 0 radical (unpaired) electrons. The normalized spacial score (nSPS) is 11.3. The minimum absolute atomic E-state index is 0.155. The molecule has 2 aromatic heterocycles. The molecule has 0 bridgehead atoms. The summed E-state index contributed by atoms with van der Waals surface area (Å²) in [6.45, 7) is 6.36. The predicted octanol–water partition coefficient (Wildman–Crippen LogP) is 6.66. The molecule has 0 amide bonds. The summed E-state index contributed by atoms with van der Waals surface area (Å²) in [5.41, 5.74) is 7.24. The summed E-state index contributed by atoms with van der Waals surface area (Å²) in [4.78, 5) is 13.6. The first-order valence-corrected chi connectivity index (χ1v) is 16.5. The van der Waals surface area contributed by atoms with Crippen LogP contribution in [0.1, 0.15) is 11.1 Å². The molecule has 2 N–H and O–H groups in total. The quantitative estimate of drug-likeness (QED) is 0.0942. The van der Waals surface area contributed by atoms with Gasteiger partial charge in [-0.15, -0.1) is 5.54 Å². The van der Waals surface area contributed by atoms with Crippen molar-refractivity contribution in [1.82, 2.24) is 19.7 Å². The van der Waals surface area contributed by atoms with Gasteiger partial charge in [-0.1, -0.05) is 72.7 Å². The summed E-state index contributed by atoms with van der Waals surface area (Å²) in [5, 5.41) is 22.0. The number of thioether (sulfide) groups is 1. The Hall–Kier alpha value is -2.80. The summed E-state index contributed by atoms with van der Waals surface area (Å²) >= 11 is 14.4. The Morgan fingerprint density at radius 1 is 1.06 bits per heavy atom. The average molecular weight is 556 g/mol. The topological polar surface area (TPSA) is 84.1 Å². The summed E-state index contributed by atoms with van der Waals surface area (Å²) in [6.07, 6.45) is 3.51. The molecular formula is C26H24Cl2N4O2SSi. The summed E-state index contributed by atoms with van der Waals surface area (Å²) in [7, 11) is -1.57. The van der Waals surface area contributed by atoms with Crippen LogP contribution in [-0.4, -0.2) is 44.3 Å². The third kappa shape index (κ3) is 5.61. The van der Waals surface area contributed by atoms with E-state index in [0.717, 1.165) is 15.9 Å². The summed E-state index contributed by atoms with van der Waals surface area (Å²) in [6, 6.07) is 12.6. The number of nitrogens with zero attached hydrogens (tertiary/aromatic N) is 4. The number of benzene rings is 2. The molecule has 10 heteroatoms. The number of hydrogen-bond donors (Lipinski definition) is 2. The van der Waals surface area contributed by atoms with Gasteiger partial charge in [0.15, 0.2) is 11.0 Å². The van der Waals surface area contributed by atoms with Gasteiger partial charge in [0.2, 0.25) is 0 Å². The van der Waals surface area contributed by atoms with Gasteiger partial charge in [-0.3, -0.25) is 0 Å². The number of hydrogen-bond acceptors (Lipinski definition) is 6. The van der Waals surface area contributed by atoms with Gasteiger partial charge in [0, 0.05) is 17.3 Å². The molecule has 0 fully saturated rings. The molecule has 0 aliphatic rings. The van der Waals surface area contributed by atoms with Crippen LogP contribution in [-0.2, 0) is 6.61 Å². The Kier molecular flexibility index (Phi) is 7.78. The van der Waals surface area contributed by atoms with Crippen molar-refractivity contribution in [2.45, 2.75) is 31.4 Å². The van der Waals surface area contributed by atoms with Crippen molar-refractivity contribution in [3.63, 3.8) is 0 Å². The second-order valence-corrected chi connectivity index (χ2v) is 15.4. The van der Waals surface area contributed by atoms with Crippen molar-refractivity contribution < 1.29 is 10.3 Å². The fraction of sp³-hybridized carbons (Fsp3) is 0.192. The molecule has 0 aliphatic carbocycles. The van der Waals surface area contributed by atoms with E-state index in [1.54, 1.807) is 24.4 Å². The molecular weight excluding hydrogens is 531 g/mol. The maximum absolute atomic E-state index is 11.4. The fourth-order valence-electron chi connectivity index (χ4n) is 3.51. The van der Waals surface area contributed by atoms with E-state index in [2.05, 4.69) is 41.1 Å². The van der Waals surface area contributed by atoms with E-state index >= 15 is 0 Å². The SMILES string of the molecule is CSc1nccc(-c2c(-c3cccc(C#C[Si](C)(C)C)c3)nc(-c3c(Cl)cc(CO)cc3Cl)n2O)n1. The highest BCUT2D eigenvalue weighted by Gasteiger charge is 2.25. The van der Waals surface area contributed by atoms with Crippen LogP contribution in [0.5, 0.6) is 0 Å². The molecule has 0 saturated heterocycles. The Bertz CT molecular complexity index is 1480. The third-order valence-corrected chi connectivity index (χ3v) is 7.17. The zero-order valence-electron chi connectivity index (χ0n) is 20.2. The van der Waals surface area contributed by atoms with E-state index < -0.39 is 8.07 Å². The van der Waals surface area contributed by atoms with Crippen LogP contribution in [0.3, 0.4) is 0 Å². The first-order valence-electron chi connectivity index (χ1n) is 11.0. The van der Waals surface area contributed by atoms with Crippen LogP contribution in [0.4, 0.5) is 0 Å². The Morgan fingerprint density at radius 3 is 2.42 bits per heavy atom. The van der Waals surface area contributed by atoms with Gasteiger partial charge < -0.3 is 10.3 Å². The Morgan fingerprint density at radius 2 is 1.78 bits per heavy atom. The lowest BCUT2D eigenvalue weighted by Gasteiger charge is -2.09. The molecule has 0 unspecified atom stereocenters. The van der Waals surface area contributed by atoms with E-state index in [1.165, 1.54) is 11.8 Å². The molecule has 0 saturated carbocycles. The first kappa shape index (κ1) is 26.3. The molecule has 4 rings (SSSR count). The van der Waals surface area contributed by atoms with Crippen molar-refractivity contribution in [3.05, 3.63) is 69.8 Å². The predicted molar refractivity (Wildman–Crippen MR) is 149 cm³/mol. The van der Waals surface area contributed by atoms with E-state index in [4.69, 9.17) is 28.2 Å². The highest BCUT2D eigenvalue weighted by Crippen LogP contribution is 2.40. The van der Waals surface area contributed by atoms with E-state index in [0.29, 0.717) is 33.4 Å². The number of imidazole rings is 1. The number of aliphatic hydroxyl groups excluding tert-OH is 1. The second kappa shape index (κ2) is 10.7.